The van der Waals surface area contributed by atoms with Crippen molar-refractivity contribution in [3.63, 3.8) is 0 Å². The first-order valence-electron chi connectivity index (χ1n) is 9.01. The molecule has 33 heavy (non-hydrogen) atoms. The van der Waals surface area contributed by atoms with E-state index in [1.807, 2.05) is 0 Å². The van der Waals surface area contributed by atoms with Gasteiger partial charge in [0.05, 0.1) is 22.2 Å². The maximum Gasteiger partial charge on any atom is 0.416 e. The van der Waals surface area contributed by atoms with Crippen LogP contribution in [0.4, 0.5) is 30.7 Å². The Morgan fingerprint density at radius 2 is 1.58 bits per heavy atom. The molecular weight excluding hydrogens is 483 g/mol. The van der Waals surface area contributed by atoms with Crippen LogP contribution in [0.3, 0.4) is 0 Å². The molecule has 1 amide bonds. The summed E-state index contributed by atoms with van der Waals surface area (Å²) in [5.41, 5.74) is -4.01. The highest BCUT2D eigenvalue weighted by atomic mass is 35.5. The van der Waals surface area contributed by atoms with Crippen LogP contribution in [-0.4, -0.2) is 35.0 Å². The molecule has 0 aromatic heterocycles. The van der Waals surface area contributed by atoms with Gasteiger partial charge in [-0.3, -0.25) is 4.79 Å². The topological polar surface area (TPSA) is 57.6 Å². The molecule has 1 N–H and O–H groups in total. The molecule has 0 unspecified atom stereocenters. The second-order valence-corrected chi connectivity index (χ2v) is 7.34. The van der Waals surface area contributed by atoms with Crippen molar-refractivity contribution < 1.29 is 45.4 Å². The zero-order chi connectivity index (χ0) is 25.1. The molecule has 0 aliphatic carbocycles. The predicted octanol–water partition coefficient (Wildman–Crippen LogP) is 5.84. The van der Waals surface area contributed by atoms with E-state index in [0.717, 1.165) is 24.1 Å². The summed E-state index contributed by atoms with van der Waals surface area (Å²) < 4.78 is 92.4. The van der Waals surface area contributed by atoms with Crippen LogP contribution in [0.1, 0.15) is 27.0 Å². The Labute approximate surface area is 187 Å². The minimum atomic E-state index is -5.15. The van der Waals surface area contributed by atoms with E-state index >= 15 is 0 Å². The second-order valence-electron chi connectivity index (χ2n) is 6.93. The van der Waals surface area contributed by atoms with Gasteiger partial charge in [0.1, 0.15) is 5.82 Å². The first-order valence-corrected chi connectivity index (χ1v) is 9.39. The van der Waals surface area contributed by atoms with Gasteiger partial charge in [0.2, 0.25) is 0 Å². The standard InChI is InChI=1S/C21H15ClF7NO3/c1-30(15(3-5-18(31)32)6-11-2-4-16(22)17(23)7-11)19(33)12-8-13(20(24,25)26)10-14(9-12)21(27,28)29/h2-5,7-10,15H,6H2,1H3,(H,31,32)/t15-/m1/s1. The van der Waals surface area contributed by atoms with Gasteiger partial charge in [-0.1, -0.05) is 23.7 Å². The quantitative estimate of drug-likeness (QED) is 0.403. The Balaban J connectivity index is 2.49. The molecule has 0 bridgehead atoms. The lowest BCUT2D eigenvalue weighted by atomic mass is 10.0. The molecule has 0 fully saturated rings. The highest BCUT2D eigenvalue weighted by Crippen LogP contribution is 2.36. The largest absolute Gasteiger partial charge is 0.478 e. The number of alkyl halides is 6. The third-order valence-electron chi connectivity index (χ3n) is 4.54. The highest BCUT2D eigenvalue weighted by molar-refractivity contribution is 6.30. The van der Waals surface area contributed by atoms with Gasteiger partial charge < -0.3 is 10.0 Å². The Bertz CT molecular complexity index is 1050. The molecule has 0 radical (unpaired) electrons. The summed E-state index contributed by atoms with van der Waals surface area (Å²) >= 11 is 5.60. The van der Waals surface area contributed by atoms with Crippen molar-refractivity contribution in [1.82, 2.24) is 4.90 Å². The van der Waals surface area contributed by atoms with Crippen molar-refractivity contribution in [2.75, 3.05) is 7.05 Å². The van der Waals surface area contributed by atoms with Crippen LogP contribution in [0.15, 0.2) is 48.6 Å². The van der Waals surface area contributed by atoms with E-state index in [-0.39, 0.29) is 35.2 Å². The molecular formula is C21H15ClF7NO3. The molecule has 0 aliphatic rings. The van der Waals surface area contributed by atoms with E-state index < -0.39 is 52.8 Å². The molecule has 4 nitrogen and oxygen atoms in total. The number of hydrogen-bond donors (Lipinski definition) is 1. The summed E-state index contributed by atoms with van der Waals surface area (Å²) in [6.07, 6.45) is -8.86. The second kappa shape index (κ2) is 9.82. The lowest BCUT2D eigenvalue weighted by Crippen LogP contribution is -2.37. The first-order chi connectivity index (χ1) is 15.1. The van der Waals surface area contributed by atoms with Crippen molar-refractivity contribution in [2.45, 2.75) is 24.8 Å². The minimum absolute atomic E-state index is 0.116. The number of benzene rings is 2. The summed E-state index contributed by atoms with van der Waals surface area (Å²) in [6.45, 7) is 0. The lowest BCUT2D eigenvalue weighted by molar-refractivity contribution is -0.143. The minimum Gasteiger partial charge on any atom is -0.478 e. The Morgan fingerprint density at radius 3 is 2.03 bits per heavy atom. The van der Waals surface area contributed by atoms with Gasteiger partial charge in [0.25, 0.3) is 5.91 Å². The number of carbonyl (C=O) groups is 2. The highest BCUT2D eigenvalue weighted by Gasteiger charge is 2.38. The van der Waals surface area contributed by atoms with E-state index in [1.54, 1.807) is 0 Å². The zero-order valence-electron chi connectivity index (χ0n) is 16.6. The number of halogens is 8. The summed E-state index contributed by atoms with van der Waals surface area (Å²) in [5, 5.41) is 8.68. The fourth-order valence-corrected chi connectivity index (χ4v) is 2.99. The molecule has 2 aromatic rings. The maximum absolute atomic E-state index is 13.7. The predicted molar refractivity (Wildman–Crippen MR) is 104 cm³/mol. The Hall–Kier alpha value is -3.08. The van der Waals surface area contributed by atoms with Crippen LogP contribution >= 0.6 is 11.6 Å². The van der Waals surface area contributed by atoms with Gasteiger partial charge in [-0.15, -0.1) is 0 Å². The van der Waals surface area contributed by atoms with Crippen LogP contribution in [0.5, 0.6) is 0 Å². The summed E-state index contributed by atoms with van der Waals surface area (Å²) in [6, 6.07) is 2.86. The number of carboxylic acid groups (broad SMARTS) is 1. The Kier molecular flexibility index (Phi) is 7.79. The lowest BCUT2D eigenvalue weighted by Gasteiger charge is -2.27. The fraction of sp³-hybridized carbons (Fsp3) is 0.238. The Morgan fingerprint density at radius 1 is 1.03 bits per heavy atom. The molecule has 12 heteroatoms. The van der Waals surface area contributed by atoms with E-state index in [4.69, 9.17) is 16.7 Å². The molecule has 178 valence electrons. The number of rotatable bonds is 6. The number of carbonyl (C=O) groups excluding carboxylic acids is 1. The molecule has 0 saturated heterocycles. The summed E-state index contributed by atoms with van der Waals surface area (Å²) in [4.78, 5) is 24.5. The first kappa shape index (κ1) is 26.2. The SMILES string of the molecule is CN(C(=O)c1cc(C(F)(F)F)cc(C(F)(F)F)c1)[C@H](C=CC(=O)O)Cc1ccc(Cl)c(F)c1. The zero-order valence-corrected chi connectivity index (χ0v) is 17.4. The van der Waals surface area contributed by atoms with Gasteiger partial charge in [-0.05, 0) is 42.3 Å². The molecule has 1 atom stereocenters. The molecule has 0 heterocycles. The van der Waals surface area contributed by atoms with Crippen LogP contribution in [0.25, 0.3) is 0 Å². The number of hydrogen-bond acceptors (Lipinski definition) is 2. The van der Waals surface area contributed by atoms with Crippen LogP contribution in [0.2, 0.25) is 5.02 Å². The van der Waals surface area contributed by atoms with Crippen molar-refractivity contribution in [1.29, 1.82) is 0 Å². The number of aliphatic carboxylic acids is 1. The smallest absolute Gasteiger partial charge is 0.416 e. The summed E-state index contributed by atoms with van der Waals surface area (Å²) in [7, 11) is 1.07. The van der Waals surface area contributed by atoms with Crippen LogP contribution in [-0.2, 0) is 23.6 Å². The van der Waals surface area contributed by atoms with Crippen LogP contribution in [0, 0.1) is 5.82 Å². The van der Waals surface area contributed by atoms with E-state index in [2.05, 4.69) is 0 Å². The van der Waals surface area contributed by atoms with E-state index in [1.165, 1.54) is 12.1 Å². The normalized spacial score (nSPS) is 13.2. The number of carboxylic acids is 1. The molecule has 0 aliphatic heterocycles. The summed E-state index contributed by atoms with van der Waals surface area (Å²) in [5.74, 6) is -3.46. The molecule has 0 saturated carbocycles. The van der Waals surface area contributed by atoms with Gasteiger partial charge in [-0.25, -0.2) is 9.18 Å². The van der Waals surface area contributed by atoms with Crippen molar-refractivity contribution in [2.24, 2.45) is 0 Å². The maximum atomic E-state index is 13.7. The third kappa shape index (κ3) is 6.95. The molecule has 2 rings (SSSR count). The van der Waals surface area contributed by atoms with Crippen LogP contribution < -0.4 is 0 Å². The average molecular weight is 498 g/mol. The van der Waals surface area contributed by atoms with Gasteiger partial charge in [0.15, 0.2) is 0 Å². The van der Waals surface area contributed by atoms with Crippen molar-refractivity contribution in [3.05, 3.63) is 81.6 Å². The third-order valence-corrected chi connectivity index (χ3v) is 4.85. The van der Waals surface area contributed by atoms with E-state index in [0.29, 0.717) is 6.08 Å². The number of amides is 1. The number of nitrogens with zero attached hydrogens (tertiary/aromatic N) is 1. The average Bonchev–Trinajstić information content (AvgIpc) is 2.70. The number of likely N-dealkylation sites (N-methyl/N-ethyl adjacent to an activating group) is 1. The molecule has 0 spiro atoms. The van der Waals surface area contributed by atoms with Crippen molar-refractivity contribution >= 4 is 23.5 Å². The monoisotopic (exact) mass is 497 g/mol. The molecule has 2 aromatic carbocycles. The fourth-order valence-electron chi connectivity index (χ4n) is 2.87. The van der Waals surface area contributed by atoms with Crippen molar-refractivity contribution in [3.8, 4) is 0 Å². The van der Waals surface area contributed by atoms with E-state index in [9.17, 15) is 40.3 Å². The van der Waals surface area contributed by atoms with Gasteiger partial charge in [-0.2, -0.15) is 26.3 Å². The van der Waals surface area contributed by atoms with Gasteiger partial charge >= 0.3 is 18.3 Å². The van der Waals surface area contributed by atoms with Gasteiger partial charge in [0, 0.05) is 18.7 Å².